The van der Waals surface area contributed by atoms with Crippen molar-refractivity contribution in [2.45, 2.75) is 12.0 Å². The summed E-state index contributed by atoms with van der Waals surface area (Å²) < 4.78 is 15.1. The van der Waals surface area contributed by atoms with Crippen LogP contribution in [0.3, 0.4) is 0 Å². The maximum atomic E-state index is 10.3. The molecule has 0 saturated heterocycles. The van der Waals surface area contributed by atoms with Gasteiger partial charge in [-0.25, -0.2) is 0 Å². The Morgan fingerprint density at radius 1 is 0.554 bits per heavy atom. The molecule has 0 bridgehead atoms. The van der Waals surface area contributed by atoms with E-state index in [1.165, 1.54) is 16.8 Å². The number of anilines is 2. The molecular formula is C50H28N4O2. The van der Waals surface area contributed by atoms with Gasteiger partial charge in [-0.2, -0.15) is 10.5 Å². The van der Waals surface area contributed by atoms with Crippen molar-refractivity contribution in [1.82, 2.24) is 4.57 Å². The molecule has 7 aromatic carbocycles. The molecule has 260 valence electrons. The Kier molecular flexibility index (Phi) is 6.21. The summed E-state index contributed by atoms with van der Waals surface area (Å²) >= 11 is 0. The van der Waals surface area contributed by atoms with Crippen LogP contribution >= 0.6 is 0 Å². The molecule has 0 radical (unpaired) electrons. The normalized spacial score (nSPS) is 15.7. The van der Waals surface area contributed by atoms with Crippen molar-refractivity contribution in [2.24, 2.45) is 0 Å². The quantitative estimate of drug-likeness (QED) is 0.182. The van der Waals surface area contributed by atoms with E-state index in [1.54, 1.807) is 0 Å². The first-order valence-electron chi connectivity index (χ1n) is 18.7. The van der Waals surface area contributed by atoms with Gasteiger partial charge in [0.15, 0.2) is 0 Å². The Bertz CT molecular complexity index is 3420. The van der Waals surface area contributed by atoms with Crippen LogP contribution in [0.4, 0.5) is 11.4 Å². The summed E-state index contributed by atoms with van der Waals surface area (Å²) in [5, 5.41) is 25.3. The van der Waals surface area contributed by atoms with E-state index in [4.69, 9.17) is 8.83 Å². The molecule has 2 atom stereocenters. The lowest BCUT2D eigenvalue weighted by Gasteiger charge is -2.31. The molecule has 4 heterocycles. The van der Waals surface area contributed by atoms with Gasteiger partial charge in [0.2, 0.25) is 0 Å². The summed E-state index contributed by atoms with van der Waals surface area (Å²) in [4.78, 5) is 2.46. The van der Waals surface area contributed by atoms with Gasteiger partial charge in [0.05, 0.1) is 45.7 Å². The van der Waals surface area contributed by atoms with Gasteiger partial charge in [0.1, 0.15) is 22.5 Å². The molecule has 2 aliphatic rings. The van der Waals surface area contributed by atoms with Gasteiger partial charge in [-0.1, -0.05) is 72.8 Å². The Morgan fingerprint density at radius 3 is 2.14 bits per heavy atom. The van der Waals surface area contributed by atoms with Crippen molar-refractivity contribution in [3.8, 4) is 29.0 Å². The second kappa shape index (κ2) is 11.4. The molecule has 0 spiro atoms. The molecule has 1 aliphatic heterocycles. The number of aromatic nitrogens is 1. The highest BCUT2D eigenvalue weighted by Gasteiger charge is 2.43. The number of hydrogen-bond donors (Lipinski definition) is 0. The zero-order valence-electron chi connectivity index (χ0n) is 29.8. The summed E-state index contributed by atoms with van der Waals surface area (Å²) in [6.45, 7) is 0. The Balaban J connectivity index is 1.01. The zero-order valence-corrected chi connectivity index (χ0v) is 29.8. The van der Waals surface area contributed by atoms with Crippen LogP contribution in [0.5, 0.6) is 0 Å². The van der Waals surface area contributed by atoms with Crippen molar-refractivity contribution in [2.75, 3.05) is 4.90 Å². The van der Waals surface area contributed by atoms with Crippen molar-refractivity contribution in [3.05, 3.63) is 180 Å². The fourth-order valence-electron chi connectivity index (χ4n) is 9.41. The van der Waals surface area contributed by atoms with Crippen molar-refractivity contribution < 1.29 is 8.83 Å². The minimum absolute atomic E-state index is 0.0468. The number of benzene rings is 7. The Morgan fingerprint density at radius 2 is 1.30 bits per heavy atom. The molecule has 1 aliphatic carbocycles. The third-order valence-corrected chi connectivity index (χ3v) is 11.8. The predicted molar refractivity (Wildman–Crippen MR) is 222 cm³/mol. The Hall–Kier alpha value is -7.80. The molecule has 0 amide bonds. The molecular weight excluding hydrogens is 689 g/mol. The molecule has 10 aromatic rings. The molecule has 3 aromatic heterocycles. The summed E-state index contributed by atoms with van der Waals surface area (Å²) in [6, 6.07) is 54.6. The lowest BCUT2D eigenvalue weighted by Crippen LogP contribution is -2.23. The summed E-state index contributed by atoms with van der Waals surface area (Å²) in [6.07, 6.45) is 4.42. The highest BCUT2D eigenvalue weighted by atomic mass is 16.3. The monoisotopic (exact) mass is 716 g/mol. The second-order valence-electron chi connectivity index (χ2n) is 14.7. The van der Waals surface area contributed by atoms with Gasteiger partial charge >= 0.3 is 0 Å². The van der Waals surface area contributed by atoms with Crippen molar-refractivity contribution in [1.29, 1.82) is 10.5 Å². The average Bonchev–Trinajstić information content (AvgIpc) is 4.00. The van der Waals surface area contributed by atoms with Crippen molar-refractivity contribution in [3.63, 3.8) is 0 Å². The summed E-state index contributed by atoms with van der Waals surface area (Å²) in [7, 11) is 0. The molecule has 6 nitrogen and oxygen atoms in total. The first-order valence-corrected chi connectivity index (χ1v) is 18.7. The fraction of sp³-hybridized carbons (Fsp3) is 0.0400. The molecule has 0 fully saturated rings. The highest BCUT2D eigenvalue weighted by Crippen LogP contribution is 2.57. The lowest BCUT2D eigenvalue weighted by molar-refractivity contribution is 0.573. The van der Waals surface area contributed by atoms with E-state index >= 15 is 0 Å². The fourth-order valence-corrected chi connectivity index (χ4v) is 9.41. The summed E-state index contributed by atoms with van der Waals surface area (Å²) in [5.74, 6) is 1.10. The minimum atomic E-state index is 0.0468. The molecule has 0 saturated carbocycles. The van der Waals surface area contributed by atoms with Crippen LogP contribution < -0.4 is 4.90 Å². The molecule has 12 rings (SSSR count). The average molecular weight is 717 g/mol. The largest absolute Gasteiger partial charge is 0.456 e. The van der Waals surface area contributed by atoms with E-state index in [2.05, 4.69) is 119 Å². The standard InChI is InChI=1S/C50H28N4O2/c51-27-29-13-20-42-40(25-29)47-43(21-18-38-36-8-2-5-11-44(36)56-50(38)47)53(42)34-24-30(28-52)23-32(26-34)31-14-16-33(17-15-31)54-41-10-4-1-7-35(41)37-19-22-46-48(49(37)54)39-9-3-6-12-45(39)55-46/h1-26,37,49H. The van der Waals surface area contributed by atoms with Crippen LogP contribution in [0.25, 0.3) is 77.6 Å². The lowest BCUT2D eigenvalue weighted by atomic mass is 9.84. The first kappa shape index (κ1) is 30.6. The van der Waals surface area contributed by atoms with Crippen LogP contribution in [-0.2, 0) is 0 Å². The zero-order chi connectivity index (χ0) is 37.1. The second-order valence-corrected chi connectivity index (χ2v) is 14.7. The summed E-state index contributed by atoms with van der Waals surface area (Å²) in [5.41, 5.74) is 13.1. The molecule has 2 unspecified atom stereocenters. The maximum Gasteiger partial charge on any atom is 0.145 e. The molecule has 6 heteroatoms. The molecule has 0 N–H and O–H groups in total. The number of rotatable bonds is 3. The van der Waals surface area contributed by atoms with Crippen molar-refractivity contribution >= 4 is 72.2 Å². The third kappa shape index (κ3) is 4.18. The van der Waals surface area contributed by atoms with E-state index < -0.39 is 0 Å². The van der Waals surface area contributed by atoms with Crippen LogP contribution in [0.2, 0.25) is 0 Å². The van der Waals surface area contributed by atoms with Crippen LogP contribution in [-0.4, -0.2) is 4.57 Å². The van der Waals surface area contributed by atoms with Gasteiger partial charge in [-0.3, -0.25) is 0 Å². The topological polar surface area (TPSA) is 82.0 Å². The van der Waals surface area contributed by atoms with Crippen LogP contribution in [0.1, 0.15) is 40.0 Å². The minimum Gasteiger partial charge on any atom is -0.456 e. The number of nitrogens with zero attached hydrogens (tertiary/aromatic N) is 4. The SMILES string of the molecule is N#Cc1cc(-c2ccc(N3c4ccccc4C4C=Cc5oc6ccccc6c5C43)cc2)cc(-n2c3ccc(C#N)cc3c3c4oc5ccccc5c4ccc32)c1. The van der Waals surface area contributed by atoms with E-state index in [-0.39, 0.29) is 12.0 Å². The predicted octanol–water partition coefficient (Wildman–Crippen LogP) is 12.8. The van der Waals surface area contributed by atoms with E-state index in [0.29, 0.717) is 11.1 Å². The maximum absolute atomic E-state index is 10.3. The van der Waals surface area contributed by atoms with Crippen LogP contribution in [0, 0.1) is 22.7 Å². The van der Waals surface area contributed by atoms with E-state index in [1.807, 2.05) is 60.7 Å². The highest BCUT2D eigenvalue weighted by molar-refractivity contribution is 6.24. The van der Waals surface area contributed by atoms with Gasteiger partial charge < -0.3 is 18.3 Å². The van der Waals surface area contributed by atoms with Gasteiger partial charge in [-0.15, -0.1) is 0 Å². The first-order chi connectivity index (χ1) is 27.7. The van der Waals surface area contributed by atoms with Crippen LogP contribution in [0.15, 0.2) is 161 Å². The van der Waals surface area contributed by atoms with Gasteiger partial charge in [0, 0.05) is 50.1 Å². The number of para-hydroxylation sites is 3. The van der Waals surface area contributed by atoms with E-state index in [0.717, 1.165) is 83.0 Å². The molecule has 56 heavy (non-hydrogen) atoms. The third-order valence-electron chi connectivity index (χ3n) is 11.8. The number of hydrogen-bond acceptors (Lipinski definition) is 5. The van der Waals surface area contributed by atoms with Gasteiger partial charge in [0.25, 0.3) is 0 Å². The van der Waals surface area contributed by atoms with E-state index in [9.17, 15) is 10.5 Å². The Labute approximate surface area is 320 Å². The van der Waals surface area contributed by atoms with Gasteiger partial charge in [-0.05, 0) is 102 Å². The smallest absolute Gasteiger partial charge is 0.145 e. The number of furan rings is 2. The number of nitriles is 2. The number of fused-ring (bicyclic) bond motifs is 14.